The molecule has 19 heavy (non-hydrogen) atoms. The summed E-state index contributed by atoms with van der Waals surface area (Å²) >= 11 is 0. The van der Waals surface area contributed by atoms with E-state index in [1.165, 1.54) is 0 Å². The quantitative estimate of drug-likeness (QED) is 0.777. The Labute approximate surface area is 113 Å². The number of carbonyl (C=O) groups is 2. The van der Waals surface area contributed by atoms with Crippen molar-refractivity contribution in [2.45, 2.75) is 20.8 Å². The van der Waals surface area contributed by atoms with Gasteiger partial charge in [0, 0.05) is 12.1 Å². The van der Waals surface area contributed by atoms with Crippen molar-refractivity contribution in [2.75, 3.05) is 26.3 Å². The topological polar surface area (TPSA) is 46.6 Å². The van der Waals surface area contributed by atoms with Gasteiger partial charge in [0.2, 0.25) is 5.91 Å². The van der Waals surface area contributed by atoms with E-state index in [-0.39, 0.29) is 24.8 Å². The molecular weight excluding hydrogens is 242 g/mol. The maximum Gasteiger partial charge on any atom is 0.249 e. The molecule has 1 aromatic carbocycles. The molecule has 1 aliphatic heterocycles. The van der Waals surface area contributed by atoms with Crippen LogP contribution in [0.4, 0.5) is 0 Å². The first-order valence-corrected chi connectivity index (χ1v) is 6.45. The Morgan fingerprint density at radius 1 is 1.26 bits per heavy atom. The fourth-order valence-electron chi connectivity index (χ4n) is 2.59. The largest absolute Gasteiger partial charge is 0.370 e. The number of nitrogens with zero attached hydrogens (tertiary/aromatic N) is 1. The minimum Gasteiger partial charge on any atom is -0.370 e. The van der Waals surface area contributed by atoms with Crippen LogP contribution in [0.25, 0.3) is 0 Å². The fraction of sp³-hybridized carbons (Fsp3) is 0.467. The van der Waals surface area contributed by atoms with Gasteiger partial charge in [0.1, 0.15) is 6.61 Å². The standard InChI is InChI=1S/C15H19NO3/c1-10-6-11(2)15(12(3)7-10)13(17)8-16-4-5-19-9-14(16)18/h6-7H,4-5,8-9H2,1-3H3. The van der Waals surface area contributed by atoms with Crippen molar-refractivity contribution < 1.29 is 14.3 Å². The monoisotopic (exact) mass is 261 g/mol. The van der Waals surface area contributed by atoms with Gasteiger partial charge in [-0.25, -0.2) is 0 Å². The lowest BCUT2D eigenvalue weighted by atomic mass is 9.96. The summed E-state index contributed by atoms with van der Waals surface area (Å²) in [7, 11) is 0. The van der Waals surface area contributed by atoms with E-state index in [0.29, 0.717) is 13.2 Å². The molecule has 0 bridgehead atoms. The number of Topliss-reactive ketones (excluding diaryl/α,β-unsaturated/α-hetero) is 1. The summed E-state index contributed by atoms with van der Waals surface area (Å²) in [6.45, 7) is 7.12. The highest BCUT2D eigenvalue weighted by molar-refractivity contribution is 6.01. The molecule has 0 unspecified atom stereocenters. The Morgan fingerprint density at radius 2 is 1.89 bits per heavy atom. The average Bonchev–Trinajstić information content (AvgIpc) is 2.30. The molecule has 0 atom stereocenters. The number of hydrogen-bond donors (Lipinski definition) is 0. The van der Waals surface area contributed by atoms with Gasteiger partial charge in [-0.2, -0.15) is 0 Å². The van der Waals surface area contributed by atoms with E-state index in [0.717, 1.165) is 22.3 Å². The highest BCUT2D eigenvalue weighted by Crippen LogP contribution is 2.17. The Balaban J connectivity index is 2.18. The van der Waals surface area contributed by atoms with Crippen molar-refractivity contribution >= 4 is 11.7 Å². The zero-order valence-electron chi connectivity index (χ0n) is 11.7. The van der Waals surface area contributed by atoms with E-state index in [2.05, 4.69) is 0 Å². The minimum absolute atomic E-state index is 0.00486. The zero-order chi connectivity index (χ0) is 14.0. The number of benzene rings is 1. The van der Waals surface area contributed by atoms with Crippen LogP contribution in [0.3, 0.4) is 0 Å². The van der Waals surface area contributed by atoms with Gasteiger partial charge in [-0.15, -0.1) is 0 Å². The second-order valence-corrected chi connectivity index (χ2v) is 5.06. The third kappa shape index (κ3) is 3.01. The second-order valence-electron chi connectivity index (χ2n) is 5.06. The van der Waals surface area contributed by atoms with Gasteiger partial charge in [-0.3, -0.25) is 9.59 Å². The highest BCUT2D eigenvalue weighted by atomic mass is 16.5. The Morgan fingerprint density at radius 3 is 2.47 bits per heavy atom. The molecule has 0 N–H and O–H groups in total. The first-order chi connectivity index (χ1) is 8.99. The van der Waals surface area contributed by atoms with E-state index in [1.54, 1.807) is 4.90 Å². The van der Waals surface area contributed by atoms with Gasteiger partial charge in [-0.05, 0) is 31.9 Å². The zero-order valence-corrected chi connectivity index (χ0v) is 11.7. The number of ether oxygens (including phenoxy) is 1. The van der Waals surface area contributed by atoms with Gasteiger partial charge in [0.15, 0.2) is 5.78 Å². The van der Waals surface area contributed by atoms with Crippen LogP contribution in [-0.2, 0) is 9.53 Å². The van der Waals surface area contributed by atoms with E-state index in [9.17, 15) is 9.59 Å². The Bertz CT molecular complexity index is 499. The summed E-state index contributed by atoms with van der Waals surface area (Å²) in [6, 6.07) is 4.00. The molecule has 0 radical (unpaired) electrons. The van der Waals surface area contributed by atoms with Gasteiger partial charge in [0.25, 0.3) is 0 Å². The molecule has 4 nitrogen and oxygen atoms in total. The maximum absolute atomic E-state index is 12.4. The van der Waals surface area contributed by atoms with Crippen LogP contribution in [0.1, 0.15) is 27.0 Å². The maximum atomic E-state index is 12.4. The van der Waals surface area contributed by atoms with Gasteiger partial charge in [-0.1, -0.05) is 17.7 Å². The van der Waals surface area contributed by atoms with Gasteiger partial charge >= 0.3 is 0 Å². The third-order valence-corrected chi connectivity index (χ3v) is 3.37. The lowest BCUT2D eigenvalue weighted by molar-refractivity contribution is -0.141. The molecule has 1 aromatic rings. The molecule has 1 heterocycles. The van der Waals surface area contributed by atoms with E-state index >= 15 is 0 Å². The lowest BCUT2D eigenvalue weighted by Gasteiger charge is -2.26. The summed E-state index contributed by atoms with van der Waals surface area (Å²) < 4.78 is 5.06. The lowest BCUT2D eigenvalue weighted by Crippen LogP contribution is -2.44. The smallest absolute Gasteiger partial charge is 0.249 e. The molecule has 0 saturated carbocycles. The third-order valence-electron chi connectivity index (χ3n) is 3.37. The van der Waals surface area contributed by atoms with Gasteiger partial charge in [0.05, 0.1) is 13.2 Å². The van der Waals surface area contributed by atoms with Crippen molar-refractivity contribution in [3.63, 3.8) is 0 Å². The van der Waals surface area contributed by atoms with E-state index in [1.807, 2.05) is 32.9 Å². The minimum atomic E-state index is -0.109. The molecule has 4 heteroatoms. The fourth-order valence-corrected chi connectivity index (χ4v) is 2.59. The molecule has 0 aromatic heterocycles. The van der Waals surface area contributed by atoms with Crippen LogP contribution in [0.2, 0.25) is 0 Å². The SMILES string of the molecule is Cc1cc(C)c(C(=O)CN2CCOCC2=O)c(C)c1. The summed E-state index contributed by atoms with van der Waals surface area (Å²) in [5.74, 6) is -0.104. The molecular formula is C15H19NO3. The summed E-state index contributed by atoms with van der Waals surface area (Å²) in [6.07, 6.45) is 0. The molecule has 102 valence electrons. The Kier molecular flexibility index (Phi) is 4.00. The van der Waals surface area contributed by atoms with Crippen LogP contribution >= 0.6 is 0 Å². The number of hydrogen-bond acceptors (Lipinski definition) is 3. The molecule has 1 amide bonds. The predicted octanol–water partition coefficient (Wildman–Crippen LogP) is 1.65. The number of aryl methyl sites for hydroxylation is 3. The van der Waals surface area contributed by atoms with Crippen molar-refractivity contribution in [2.24, 2.45) is 0 Å². The van der Waals surface area contributed by atoms with Crippen LogP contribution < -0.4 is 0 Å². The number of ketones is 1. The van der Waals surface area contributed by atoms with Gasteiger partial charge < -0.3 is 9.64 Å². The summed E-state index contributed by atoms with van der Waals surface area (Å²) in [5, 5.41) is 0. The molecule has 2 rings (SSSR count). The Hall–Kier alpha value is -1.68. The molecule has 1 saturated heterocycles. The van der Waals surface area contributed by atoms with Crippen LogP contribution in [0, 0.1) is 20.8 Å². The van der Waals surface area contributed by atoms with Crippen LogP contribution in [0.5, 0.6) is 0 Å². The van der Waals surface area contributed by atoms with Crippen LogP contribution in [0.15, 0.2) is 12.1 Å². The van der Waals surface area contributed by atoms with E-state index < -0.39 is 0 Å². The number of amides is 1. The molecule has 1 aliphatic rings. The average molecular weight is 261 g/mol. The van der Waals surface area contributed by atoms with E-state index in [4.69, 9.17) is 4.74 Å². The summed E-state index contributed by atoms with van der Waals surface area (Å²) in [5.41, 5.74) is 3.84. The first-order valence-electron chi connectivity index (χ1n) is 6.45. The second kappa shape index (κ2) is 5.53. The normalized spacial score (nSPS) is 15.7. The number of morpholine rings is 1. The van der Waals surface area contributed by atoms with Crippen molar-refractivity contribution in [3.05, 3.63) is 34.4 Å². The highest BCUT2D eigenvalue weighted by Gasteiger charge is 2.23. The molecule has 0 spiro atoms. The first kappa shape index (κ1) is 13.7. The number of rotatable bonds is 3. The number of carbonyl (C=O) groups excluding carboxylic acids is 2. The van der Waals surface area contributed by atoms with Crippen LogP contribution in [-0.4, -0.2) is 42.9 Å². The van der Waals surface area contributed by atoms with Crippen molar-refractivity contribution in [1.82, 2.24) is 4.90 Å². The summed E-state index contributed by atoms with van der Waals surface area (Å²) in [4.78, 5) is 25.6. The van der Waals surface area contributed by atoms with Crippen molar-refractivity contribution in [3.8, 4) is 0 Å². The molecule has 0 aliphatic carbocycles. The van der Waals surface area contributed by atoms with Crippen molar-refractivity contribution in [1.29, 1.82) is 0 Å². The molecule has 1 fully saturated rings. The predicted molar refractivity (Wildman–Crippen MR) is 72.4 cm³/mol.